The number of carbonyl (C=O) groups excluding carboxylic acids is 2. The molecule has 0 spiro atoms. The zero-order chi connectivity index (χ0) is 13.3. The van der Waals surface area contributed by atoms with Crippen LogP contribution in [-0.2, 0) is 9.59 Å². The molecule has 0 radical (unpaired) electrons. The molecule has 1 atom stereocenters. The van der Waals surface area contributed by atoms with Crippen molar-refractivity contribution in [2.24, 2.45) is 0 Å². The molecule has 94 valence electrons. The van der Waals surface area contributed by atoms with E-state index in [1.54, 1.807) is 18.2 Å². The molecule has 18 heavy (non-hydrogen) atoms. The van der Waals surface area contributed by atoms with Crippen LogP contribution >= 0.6 is 0 Å². The maximum absolute atomic E-state index is 11.7. The monoisotopic (exact) mass is 249 g/mol. The zero-order valence-electron chi connectivity index (χ0n) is 9.37. The molecule has 0 saturated carbocycles. The van der Waals surface area contributed by atoms with Crippen molar-refractivity contribution in [2.75, 3.05) is 11.4 Å². The van der Waals surface area contributed by atoms with Gasteiger partial charge in [-0.05, 0) is 12.1 Å². The van der Waals surface area contributed by atoms with Crippen LogP contribution in [0.3, 0.4) is 0 Å². The molecule has 1 aliphatic heterocycles. The van der Waals surface area contributed by atoms with E-state index in [1.165, 1.54) is 6.07 Å². The van der Waals surface area contributed by atoms with Crippen LogP contribution in [0.5, 0.6) is 0 Å². The third-order valence-corrected chi connectivity index (χ3v) is 2.68. The number of amides is 1. The quantitative estimate of drug-likeness (QED) is 0.735. The number of fused-ring (bicyclic) bond motifs is 1. The standard InChI is InChI=1S/C12H11NO5/c14-7(5-10(15)16)6-13-9-4-2-1-3-8(9)11(17)12(13)18/h1-4,7,14H,5-6H2,(H,15,16). The average molecular weight is 249 g/mol. The van der Waals surface area contributed by atoms with Gasteiger partial charge >= 0.3 is 5.97 Å². The fourth-order valence-electron chi connectivity index (χ4n) is 1.91. The van der Waals surface area contributed by atoms with E-state index in [4.69, 9.17) is 5.11 Å². The summed E-state index contributed by atoms with van der Waals surface area (Å²) >= 11 is 0. The van der Waals surface area contributed by atoms with Gasteiger partial charge < -0.3 is 15.1 Å². The molecule has 6 nitrogen and oxygen atoms in total. The van der Waals surface area contributed by atoms with E-state index in [-0.39, 0.29) is 12.1 Å². The Morgan fingerprint density at radius 3 is 2.61 bits per heavy atom. The lowest BCUT2D eigenvalue weighted by Crippen LogP contribution is -2.37. The first-order chi connectivity index (χ1) is 8.50. The highest BCUT2D eigenvalue weighted by Gasteiger charge is 2.36. The summed E-state index contributed by atoms with van der Waals surface area (Å²) in [6.07, 6.45) is -1.68. The predicted octanol–water partition coefficient (Wildman–Crippen LogP) is 0.0515. The highest BCUT2D eigenvalue weighted by Crippen LogP contribution is 2.28. The lowest BCUT2D eigenvalue weighted by molar-refractivity contribution is -0.139. The number of benzene rings is 1. The van der Waals surface area contributed by atoms with Crippen molar-refractivity contribution >= 4 is 23.3 Å². The zero-order valence-corrected chi connectivity index (χ0v) is 9.37. The first-order valence-electron chi connectivity index (χ1n) is 5.36. The number of hydrogen-bond acceptors (Lipinski definition) is 4. The van der Waals surface area contributed by atoms with Crippen LogP contribution in [-0.4, -0.2) is 40.5 Å². The van der Waals surface area contributed by atoms with E-state index in [1.807, 2.05) is 0 Å². The molecule has 0 fully saturated rings. The Kier molecular flexibility index (Phi) is 3.12. The van der Waals surface area contributed by atoms with E-state index < -0.39 is 30.2 Å². The van der Waals surface area contributed by atoms with Gasteiger partial charge in [-0.1, -0.05) is 12.1 Å². The average Bonchev–Trinajstić information content (AvgIpc) is 2.54. The summed E-state index contributed by atoms with van der Waals surface area (Å²) in [6.45, 7) is -0.201. The highest BCUT2D eigenvalue weighted by atomic mass is 16.4. The molecule has 6 heteroatoms. The largest absolute Gasteiger partial charge is 0.481 e. The number of hydrogen-bond donors (Lipinski definition) is 2. The Labute approximate surface area is 102 Å². The number of nitrogens with zero attached hydrogens (tertiary/aromatic N) is 1. The smallest absolute Gasteiger partial charge is 0.306 e. The molecule has 0 aromatic heterocycles. The lowest BCUT2D eigenvalue weighted by atomic mass is 10.1. The summed E-state index contributed by atoms with van der Waals surface area (Å²) < 4.78 is 0. The Hall–Kier alpha value is -2.21. The minimum Gasteiger partial charge on any atom is -0.481 e. The van der Waals surface area contributed by atoms with Gasteiger partial charge in [0.15, 0.2) is 0 Å². The molecular weight excluding hydrogens is 238 g/mol. The van der Waals surface area contributed by atoms with Gasteiger partial charge in [0.2, 0.25) is 0 Å². The second kappa shape index (κ2) is 4.58. The van der Waals surface area contributed by atoms with Crippen LogP contribution in [0.1, 0.15) is 16.8 Å². The number of Topliss-reactive ketones (excluding diaryl/α,β-unsaturated/α-hetero) is 1. The van der Waals surface area contributed by atoms with Gasteiger partial charge in [0, 0.05) is 0 Å². The number of rotatable bonds is 4. The minimum atomic E-state index is -1.20. The summed E-state index contributed by atoms with van der Waals surface area (Å²) in [6, 6.07) is 6.42. The molecule has 0 bridgehead atoms. The second-order valence-electron chi connectivity index (χ2n) is 4.01. The first-order valence-corrected chi connectivity index (χ1v) is 5.36. The van der Waals surface area contributed by atoms with E-state index >= 15 is 0 Å². The van der Waals surface area contributed by atoms with Crippen molar-refractivity contribution in [3.63, 3.8) is 0 Å². The molecule has 2 N–H and O–H groups in total. The van der Waals surface area contributed by atoms with Crippen LogP contribution in [0.4, 0.5) is 5.69 Å². The van der Waals surface area contributed by atoms with Crippen LogP contribution in [0.15, 0.2) is 24.3 Å². The third-order valence-electron chi connectivity index (χ3n) is 2.68. The molecular formula is C12H11NO5. The SMILES string of the molecule is O=C(O)CC(O)CN1C(=O)C(=O)c2ccccc21. The van der Waals surface area contributed by atoms with Crippen molar-refractivity contribution in [1.82, 2.24) is 0 Å². The number of para-hydroxylation sites is 1. The Bertz CT molecular complexity index is 525. The normalized spacial score (nSPS) is 15.7. The van der Waals surface area contributed by atoms with Crippen molar-refractivity contribution in [3.8, 4) is 0 Å². The molecule has 1 aromatic rings. The topological polar surface area (TPSA) is 94.9 Å². The van der Waals surface area contributed by atoms with Gasteiger partial charge in [0.1, 0.15) is 0 Å². The van der Waals surface area contributed by atoms with Crippen LogP contribution in [0.25, 0.3) is 0 Å². The number of β-amino-alcohol motifs (C(OH)–C–C–N with tert-alkyl or cyclic N) is 1. The number of carboxylic acids is 1. The van der Waals surface area contributed by atoms with Gasteiger partial charge in [-0.2, -0.15) is 0 Å². The molecule has 2 rings (SSSR count). The molecule has 1 aromatic carbocycles. The van der Waals surface area contributed by atoms with Crippen molar-refractivity contribution in [2.45, 2.75) is 12.5 Å². The summed E-state index contributed by atoms with van der Waals surface area (Å²) in [5, 5.41) is 18.1. The Morgan fingerprint density at radius 1 is 1.28 bits per heavy atom. The van der Waals surface area contributed by atoms with E-state index in [2.05, 4.69) is 0 Å². The second-order valence-corrected chi connectivity index (χ2v) is 4.01. The lowest BCUT2D eigenvalue weighted by Gasteiger charge is -2.19. The predicted molar refractivity (Wildman–Crippen MR) is 61.4 cm³/mol. The van der Waals surface area contributed by atoms with Crippen LogP contribution in [0.2, 0.25) is 0 Å². The molecule has 1 amide bonds. The van der Waals surface area contributed by atoms with Gasteiger partial charge in [0.25, 0.3) is 11.7 Å². The van der Waals surface area contributed by atoms with Crippen molar-refractivity contribution < 1.29 is 24.6 Å². The summed E-state index contributed by atoms with van der Waals surface area (Å²) in [7, 11) is 0. The number of anilines is 1. The Balaban J connectivity index is 2.22. The van der Waals surface area contributed by atoms with Crippen LogP contribution in [0, 0.1) is 0 Å². The van der Waals surface area contributed by atoms with Crippen LogP contribution < -0.4 is 4.90 Å². The molecule has 0 aliphatic carbocycles. The number of aliphatic hydroxyl groups excluding tert-OH is 1. The maximum Gasteiger partial charge on any atom is 0.306 e. The highest BCUT2D eigenvalue weighted by molar-refractivity contribution is 6.52. The molecule has 0 saturated heterocycles. The number of aliphatic hydroxyl groups is 1. The number of aliphatic carboxylic acids is 1. The summed E-state index contributed by atoms with van der Waals surface area (Å²) in [4.78, 5) is 34.9. The maximum atomic E-state index is 11.7. The molecule has 1 aliphatic rings. The van der Waals surface area contributed by atoms with E-state index in [9.17, 15) is 19.5 Å². The fourth-order valence-corrected chi connectivity index (χ4v) is 1.91. The van der Waals surface area contributed by atoms with Crippen molar-refractivity contribution in [1.29, 1.82) is 0 Å². The van der Waals surface area contributed by atoms with Gasteiger partial charge in [-0.15, -0.1) is 0 Å². The van der Waals surface area contributed by atoms with Gasteiger partial charge in [0.05, 0.1) is 30.3 Å². The number of carbonyl (C=O) groups is 3. The number of ketones is 1. The minimum absolute atomic E-state index is 0.201. The summed E-state index contributed by atoms with van der Waals surface area (Å²) in [5.41, 5.74) is 0.696. The first kappa shape index (κ1) is 12.3. The van der Waals surface area contributed by atoms with Crippen molar-refractivity contribution in [3.05, 3.63) is 29.8 Å². The van der Waals surface area contributed by atoms with Gasteiger partial charge in [-0.25, -0.2) is 0 Å². The third kappa shape index (κ3) is 2.10. The van der Waals surface area contributed by atoms with E-state index in [0.717, 1.165) is 4.90 Å². The summed E-state index contributed by atoms with van der Waals surface area (Å²) in [5.74, 6) is -2.53. The molecule has 1 unspecified atom stereocenters. The Morgan fingerprint density at radius 2 is 1.94 bits per heavy atom. The van der Waals surface area contributed by atoms with E-state index in [0.29, 0.717) is 5.69 Å². The fraction of sp³-hybridized carbons (Fsp3) is 0.250. The van der Waals surface area contributed by atoms with Gasteiger partial charge in [-0.3, -0.25) is 14.4 Å². The number of carboxylic acid groups (broad SMARTS) is 1. The molecule has 1 heterocycles.